The van der Waals surface area contributed by atoms with E-state index in [1.807, 2.05) is 24.3 Å². The van der Waals surface area contributed by atoms with Gasteiger partial charge in [0.1, 0.15) is 0 Å². The molecule has 1 amide bonds. The third-order valence-corrected chi connectivity index (χ3v) is 3.84. The fourth-order valence-electron chi connectivity index (χ4n) is 1.95. The molecular weight excluding hydrogens is 338 g/mol. The normalized spacial score (nSPS) is 10.9. The highest BCUT2D eigenvalue weighted by atomic mass is 32.1. The Balaban J connectivity index is 0.000000212. The zero-order valence-corrected chi connectivity index (χ0v) is 14.0. The highest BCUT2D eigenvalue weighted by Gasteiger charge is 2.19. The molecule has 7 heteroatoms. The summed E-state index contributed by atoms with van der Waals surface area (Å²) in [5, 5.41) is 14.4. The van der Waals surface area contributed by atoms with E-state index in [0.29, 0.717) is 16.3 Å². The van der Waals surface area contributed by atoms with Gasteiger partial charge in [-0.05, 0) is 17.7 Å². The molecule has 2 aromatic carbocycles. The third-order valence-electron chi connectivity index (χ3n) is 3.14. The van der Waals surface area contributed by atoms with E-state index in [1.54, 1.807) is 48.0 Å². The monoisotopic (exact) mass is 355 g/mol. The van der Waals surface area contributed by atoms with Crippen LogP contribution in [0.25, 0.3) is 0 Å². The predicted molar refractivity (Wildman–Crippen MR) is 97.5 cm³/mol. The summed E-state index contributed by atoms with van der Waals surface area (Å²) in [6.07, 6.45) is 1.64. The van der Waals surface area contributed by atoms with Crippen LogP contribution in [0.2, 0.25) is 0 Å². The predicted octanol–water partition coefficient (Wildman–Crippen LogP) is 3.17. The van der Waals surface area contributed by atoms with Crippen molar-refractivity contribution < 1.29 is 14.7 Å². The lowest BCUT2D eigenvalue weighted by Crippen LogP contribution is -2.20. The van der Waals surface area contributed by atoms with Gasteiger partial charge in [-0.15, -0.1) is 11.3 Å². The Labute approximate surface area is 149 Å². The Morgan fingerprint density at radius 3 is 2.08 bits per heavy atom. The number of carboxylic acid groups (broad SMARTS) is 1. The minimum absolute atomic E-state index is 0.379. The Morgan fingerprint density at radius 2 is 1.64 bits per heavy atom. The van der Waals surface area contributed by atoms with Gasteiger partial charge in [-0.3, -0.25) is 4.79 Å². The molecule has 0 aliphatic heterocycles. The Hall–Kier alpha value is -3.19. The number of hydrogen-bond acceptors (Lipinski definition) is 5. The number of aromatic nitrogens is 1. The number of thiazole rings is 1. The standard InChI is InChI=1S/C11H10N2O2S.C7H7NO/c14-10(15)9(8-4-2-1-3-5-8)13-11-12-6-7-16-11;8-7(9)6-4-2-1-3-5-6/h1-7,9H,(H,12,13)(H,14,15);1-5H,(H2,8,9). The molecule has 6 nitrogen and oxygen atoms in total. The molecule has 1 heterocycles. The number of carbonyl (C=O) groups is 2. The van der Waals surface area contributed by atoms with Crippen molar-refractivity contribution in [2.45, 2.75) is 6.04 Å². The number of benzene rings is 2. The molecule has 0 saturated carbocycles. The lowest BCUT2D eigenvalue weighted by molar-refractivity contribution is -0.138. The summed E-state index contributed by atoms with van der Waals surface area (Å²) in [6, 6.07) is 17.0. The van der Waals surface area contributed by atoms with Gasteiger partial charge in [0, 0.05) is 17.1 Å². The van der Waals surface area contributed by atoms with Crippen molar-refractivity contribution in [3.8, 4) is 0 Å². The first-order chi connectivity index (χ1) is 12.1. The minimum Gasteiger partial charge on any atom is -0.479 e. The minimum atomic E-state index is -0.915. The molecule has 0 radical (unpaired) electrons. The van der Waals surface area contributed by atoms with Crippen LogP contribution in [0, 0.1) is 0 Å². The van der Waals surface area contributed by atoms with Crippen molar-refractivity contribution in [3.05, 3.63) is 83.4 Å². The number of anilines is 1. The van der Waals surface area contributed by atoms with Crippen LogP contribution >= 0.6 is 11.3 Å². The lowest BCUT2D eigenvalue weighted by atomic mass is 10.1. The molecule has 1 aromatic heterocycles. The SMILES string of the molecule is NC(=O)c1ccccc1.O=C(O)C(Nc1nccs1)c1ccccc1. The van der Waals surface area contributed by atoms with E-state index in [9.17, 15) is 9.59 Å². The van der Waals surface area contributed by atoms with Gasteiger partial charge in [-0.25, -0.2) is 9.78 Å². The van der Waals surface area contributed by atoms with Gasteiger partial charge in [0.25, 0.3) is 0 Å². The van der Waals surface area contributed by atoms with E-state index < -0.39 is 12.0 Å². The van der Waals surface area contributed by atoms with Crippen LogP contribution in [0.4, 0.5) is 5.13 Å². The quantitative estimate of drug-likeness (QED) is 0.652. The van der Waals surface area contributed by atoms with E-state index in [-0.39, 0.29) is 5.91 Å². The summed E-state index contributed by atoms with van der Waals surface area (Å²) in [5.41, 5.74) is 6.24. The molecule has 0 bridgehead atoms. The maximum absolute atomic E-state index is 11.1. The van der Waals surface area contributed by atoms with E-state index in [1.165, 1.54) is 11.3 Å². The van der Waals surface area contributed by atoms with E-state index in [4.69, 9.17) is 10.8 Å². The van der Waals surface area contributed by atoms with Gasteiger partial charge in [0.2, 0.25) is 5.91 Å². The smallest absolute Gasteiger partial charge is 0.330 e. The van der Waals surface area contributed by atoms with Crippen LogP contribution in [0.5, 0.6) is 0 Å². The van der Waals surface area contributed by atoms with Gasteiger partial charge in [-0.2, -0.15) is 0 Å². The molecule has 25 heavy (non-hydrogen) atoms. The summed E-state index contributed by atoms with van der Waals surface area (Å²) in [5.74, 6) is -1.29. The zero-order valence-electron chi connectivity index (χ0n) is 13.2. The average molecular weight is 355 g/mol. The molecule has 128 valence electrons. The lowest BCUT2D eigenvalue weighted by Gasteiger charge is -2.13. The van der Waals surface area contributed by atoms with Crippen molar-refractivity contribution in [3.63, 3.8) is 0 Å². The number of nitrogens with two attached hydrogens (primary N) is 1. The van der Waals surface area contributed by atoms with E-state index in [2.05, 4.69) is 10.3 Å². The zero-order chi connectivity index (χ0) is 18.1. The van der Waals surface area contributed by atoms with Gasteiger partial charge >= 0.3 is 5.97 Å². The fourth-order valence-corrected chi connectivity index (χ4v) is 2.51. The maximum atomic E-state index is 11.1. The number of nitrogens with one attached hydrogen (secondary N) is 1. The Morgan fingerprint density at radius 1 is 1.04 bits per heavy atom. The van der Waals surface area contributed by atoms with Crippen molar-refractivity contribution in [1.29, 1.82) is 0 Å². The molecule has 0 spiro atoms. The summed E-state index contributed by atoms with van der Waals surface area (Å²) in [6.45, 7) is 0. The van der Waals surface area contributed by atoms with Crippen molar-refractivity contribution in [2.75, 3.05) is 5.32 Å². The summed E-state index contributed by atoms with van der Waals surface area (Å²) >= 11 is 1.38. The first-order valence-electron chi connectivity index (χ1n) is 7.36. The van der Waals surface area contributed by atoms with Crippen LogP contribution in [0.15, 0.2) is 72.2 Å². The number of primary amides is 1. The number of carboxylic acids is 1. The van der Waals surface area contributed by atoms with Gasteiger partial charge < -0.3 is 16.2 Å². The van der Waals surface area contributed by atoms with Gasteiger partial charge in [0.05, 0.1) is 0 Å². The first kappa shape index (κ1) is 18.2. The number of hydrogen-bond donors (Lipinski definition) is 3. The second-order valence-corrected chi connectivity index (χ2v) is 5.79. The highest BCUT2D eigenvalue weighted by molar-refractivity contribution is 7.13. The fraction of sp³-hybridized carbons (Fsp3) is 0.0556. The molecule has 3 aromatic rings. The summed E-state index contributed by atoms with van der Waals surface area (Å²) < 4.78 is 0. The molecule has 1 unspecified atom stereocenters. The van der Waals surface area contributed by atoms with Crippen LogP contribution in [-0.4, -0.2) is 22.0 Å². The third kappa shape index (κ3) is 5.74. The highest BCUT2D eigenvalue weighted by Crippen LogP contribution is 2.21. The van der Waals surface area contributed by atoms with Crippen molar-refractivity contribution >= 4 is 28.3 Å². The summed E-state index contributed by atoms with van der Waals surface area (Å²) in [7, 11) is 0. The second-order valence-electron chi connectivity index (χ2n) is 4.89. The molecular formula is C18H17N3O3S. The van der Waals surface area contributed by atoms with Crippen molar-refractivity contribution in [1.82, 2.24) is 4.98 Å². The average Bonchev–Trinajstić information content (AvgIpc) is 3.15. The number of carbonyl (C=O) groups excluding carboxylic acids is 1. The topological polar surface area (TPSA) is 105 Å². The first-order valence-corrected chi connectivity index (χ1v) is 8.24. The second kappa shape index (κ2) is 9.19. The molecule has 0 saturated heterocycles. The van der Waals surface area contributed by atoms with Crippen LogP contribution in [0.3, 0.4) is 0 Å². The van der Waals surface area contributed by atoms with Gasteiger partial charge in [-0.1, -0.05) is 48.5 Å². The number of amides is 1. The number of rotatable bonds is 5. The molecule has 0 fully saturated rings. The molecule has 0 aliphatic rings. The Bertz CT molecular complexity index is 793. The largest absolute Gasteiger partial charge is 0.479 e. The maximum Gasteiger partial charge on any atom is 0.330 e. The van der Waals surface area contributed by atoms with Crippen LogP contribution < -0.4 is 11.1 Å². The molecule has 1 atom stereocenters. The Kier molecular flexibility index (Phi) is 6.67. The van der Waals surface area contributed by atoms with Gasteiger partial charge in [0.15, 0.2) is 11.2 Å². The van der Waals surface area contributed by atoms with E-state index in [0.717, 1.165) is 0 Å². The number of nitrogens with zero attached hydrogens (tertiary/aromatic N) is 1. The molecule has 4 N–H and O–H groups in total. The van der Waals surface area contributed by atoms with Crippen LogP contribution in [-0.2, 0) is 4.79 Å². The van der Waals surface area contributed by atoms with Crippen molar-refractivity contribution in [2.24, 2.45) is 5.73 Å². The van der Waals surface area contributed by atoms with E-state index >= 15 is 0 Å². The molecule has 3 rings (SSSR count). The number of aliphatic carboxylic acids is 1. The molecule has 0 aliphatic carbocycles. The van der Waals surface area contributed by atoms with Crippen LogP contribution in [0.1, 0.15) is 22.0 Å². The summed E-state index contributed by atoms with van der Waals surface area (Å²) in [4.78, 5) is 25.6.